The fraction of sp³-hybridized carbons (Fsp3) is 0.516. The van der Waals surface area contributed by atoms with Crippen molar-refractivity contribution in [2.45, 2.75) is 63.8 Å². The Morgan fingerprint density at radius 3 is 1.29 bits per heavy atom. The number of β-amino-alcohol motifs (C(OH)–C–C–N with tert-alkyl or cyclic N) is 2. The van der Waals surface area contributed by atoms with Gasteiger partial charge in [0, 0.05) is 24.2 Å². The number of imidazole rings is 1. The average molecular weight is 519 g/mol. The molecule has 7 heteroatoms. The second-order valence-electron chi connectivity index (χ2n) is 11.0. The lowest BCUT2D eigenvalue weighted by Crippen LogP contribution is -2.41. The lowest BCUT2D eigenvalue weighted by Gasteiger charge is -2.28. The van der Waals surface area contributed by atoms with Crippen molar-refractivity contribution in [3.63, 3.8) is 0 Å². The van der Waals surface area contributed by atoms with Crippen molar-refractivity contribution in [1.82, 2.24) is 18.9 Å². The molecule has 38 heavy (non-hydrogen) atoms. The predicted octanol–water partition coefficient (Wildman–Crippen LogP) is 3.68. The molecular formula is C31H42N4O3. The maximum atomic E-state index is 14.1. The number of rotatable bonds is 10. The minimum atomic E-state index is -0.661. The van der Waals surface area contributed by atoms with Gasteiger partial charge in [0.2, 0.25) is 0 Å². The van der Waals surface area contributed by atoms with Crippen LogP contribution in [0.25, 0.3) is 22.5 Å². The number of aromatic nitrogens is 2. The summed E-state index contributed by atoms with van der Waals surface area (Å²) in [5.74, 6) is 0. The summed E-state index contributed by atoms with van der Waals surface area (Å²) in [7, 11) is 0. The van der Waals surface area contributed by atoms with Crippen molar-refractivity contribution in [1.29, 1.82) is 0 Å². The summed E-state index contributed by atoms with van der Waals surface area (Å²) < 4.78 is 3.47. The van der Waals surface area contributed by atoms with E-state index in [4.69, 9.17) is 0 Å². The number of hydrogen-bond acceptors (Lipinski definition) is 5. The van der Waals surface area contributed by atoms with Crippen LogP contribution in [-0.4, -0.2) is 80.6 Å². The third-order valence-corrected chi connectivity index (χ3v) is 7.94. The van der Waals surface area contributed by atoms with Gasteiger partial charge in [-0.15, -0.1) is 0 Å². The molecule has 204 valence electrons. The van der Waals surface area contributed by atoms with Crippen molar-refractivity contribution in [3.05, 3.63) is 71.1 Å². The van der Waals surface area contributed by atoms with Crippen LogP contribution in [0.5, 0.6) is 0 Å². The lowest BCUT2D eigenvalue weighted by atomic mass is 10.0. The minimum Gasteiger partial charge on any atom is -0.390 e. The molecule has 2 N–H and O–H groups in total. The molecule has 1 aromatic heterocycles. The Morgan fingerprint density at radius 2 is 0.921 bits per heavy atom. The van der Waals surface area contributed by atoms with Crippen LogP contribution in [0.1, 0.15) is 38.5 Å². The third-order valence-electron chi connectivity index (χ3n) is 7.94. The highest BCUT2D eigenvalue weighted by atomic mass is 16.3. The fourth-order valence-corrected chi connectivity index (χ4v) is 6.13. The monoisotopic (exact) mass is 518 g/mol. The van der Waals surface area contributed by atoms with Gasteiger partial charge in [-0.05, 0) is 51.9 Å². The number of likely N-dealkylation sites (tertiary alicyclic amines) is 2. The van der Waals surface area contributed by atoms with Crippen LogP contribution in [0.15, 0.2) is 65.5 Å². The Hall–Kier alpha value is -2.71. The third kappa shape index (κ3) is 6.46. The van der Waals surface area contributed by atoms with Gasteiger partial charge in [-0.3, -0.25) is 9.13 Å². The normalized spacial score (nSPS) is 18.9. The second-order valence-corrected chi connectivity index (χ2v) is 11.0. The maximum Gasteiger partial charge on any atom is 0.329 e. The van der Waals surface area contributed by atoms with Crippen LogP contribution in [-0.2, 0) is 13.1 Å². The quantitative estimate of drug-likeness (QED) is 0.428. The molecule has 5 rings (SSSR count). The molecule has 0 unspecified atom stereocenters. The SMILES string of the molecule is O=c1n(C[C@H](O)CN2CCCCC2)c(-c2ccccc2)c(-c2ccccc2)n1C[C@@H](O)CN1CCCCC1. The van der Waals surface area contributed by atoms with E-state index in [9.17, 15) is 15.0 Å². The second kappa shape index (κ2) is 12.9. The molecule has 0 amide bonds. The van der Waals surface area contributed by atoms with Gasteiger partial charge in [-0.1, -0.05) is 73.5 Å². The lowest BCUT2D eigenvalue weighted by molar-refractivity contribution is 0.0843. The molecule has 2 aliphatic heterocycles. The Balaban J connectivity index is 1.53. The summed E-state index contributed by atoms with van der Waals surface area (Å²) in [5.41, 5.74) is 3.27. The van der Waals surface area contributed by atoms with Crippen molar-refractivity contribution < 1.29 is 10.2 Å². The predicted molar refractivity (Wildman–Crippen MR) is 152 cm³/mol. The molecule has 2 aromatic carbocycles. The first kappa shape index (κ1) is 26.9. The molecule has 7 nitrogen and oxygen atoms in total. The summed E-state index contributed by atoms with van der Waals surface area (Å²) in [6.07, 6.45) is 5.80. The Kier molecular flexibility index (Phi) is 9.12. The zero-order valence-electron chi connectivity index (χ0n) is 22.4. The van der Waals surface area contributed by atoms with Gasteiger partial charge in [0.05, 0.1) is 36.7 Å². The molecule has 2 aliphatic rings. The van der Waals surface area contributed by atoms with Gasteiger partial charge in [0.1, 0.15) is 0 Å². The van der Waals surface area contributed by atoms with Crippen LogP contribution in [0.4, 0.5) is 0 Å². The van der Waals surface area contributed by atoms with E-state index in [1.54, 1.807) is 9.13 Å². The van der Waals surface area contributed by atoms with E-state index in [1.165, 1.54) is 12.8 Å². The van der Waals surface area contributed by atoms with Crippen molar-refractivity contribution in [3.8, 4) is 22.5 Å². The largest absolute Gasteiger partial charge is 0.390 e. The van der Waals surface area contributed by atoms with Gasteiger partial charge < -0.3 is 20.0 Å². The number of piperidine rings is 2. The van der Waals surface area contributed by atoms with Gasteiger partial charge in [0.15, 0.2) is 0 Å². The highest BCUT2D eigenvalue weighted by Crippen LogP contribution is 2.32. The summed E-state index contributed by atoms with van der Waals surface area (Å²) in [4.78, 5) is 18.7. The molecule has 0 bridgehead atoms. The van der Waals surface area contributed by atoms with E-state index in [-0.39, 0.29) is 18.8 Å². The average Bonchev–Trinajstić information content (AvgIpc) is 3.21. The summed E-state index contributed by atoms with van der Waals surface area (Å²) in [6, 6.07) is 19.9. The van der Waals surface area contributed by atoms with Crippen LogP contribution < -0.4 is 5.69 Å². The Labute approximate surface area is 225 Å². The van der Waals surface area contributed by atoms with E-state index in [1.807, 2.05) is 60.7 Å². The molecule has 2 atom stereocenters. The standard InChI is InChI=1S/C31H42N4O3/c36-27(21-32-17-9-3-10-18-32)23-34-29(25-13-5-1-6-14-25)30(26-15-7-2-8-16-26)35(31(34)38)24-28(37)22-33-19-11-4-12-20-33/h1-2,5-8,13-16,27-28,36-37H,3-4,9-12,17-24H2/t27-,28+. The molecule has 2 fully saturated rings. The zero-order valence-corrected chi connectivity index (χ0v) is 22.4. The van der Waals surface area contributed by atoms with Gasteiger partial charge in [-0.25, -0.2) is 4.79 Å². The Morgan fingerprint density at radius 1 is 0.553 bits per heavy atom. The minimum absolute atomic E-state index is 0.182. The fourth-order valence-electron chi connectivity index (χ4n) is 6.13. The van der Waals surface area contributed by atoms with E-state index in [0.717, 1.165) is 74.4 Å². The molecule has 3 aromatic rings. The number of hydrogen-bond donors (Lipinski definition) is 2. The van der Waals surface area contributed by atoms with Gasteiger partial charge in [0.25, 0.3) is 0 Å². The number of aliphatic hydroxyl groups is 2. The molecule has 0 aliphatic carbocycles. The maximum absolute atomic E-state index is 14.1. The van der Waals surface area contributed by atoms with Crippen LogP contribution >= 0.6 is 0 Å². The van der Waals surface area contributed by atoms with Crippen LogP contribution in [0.3, 0.4) is 0 Å². The number of nitrogens with zero attached hydrogens (tertiary/aromatic N) is 4. The molecular weight excluding hydrogens is 476 g/mol. The van der Waals surface area contributed by atoms with Crippen LogP contribution in [0, 0.1) is 0 Å². The highest BCUT2D eigenvalue weighted by Gasteiger charge is 2.26. The first-order chi connectivity index (χ1) is 18.6. The van der Waals surface area contributed by atoms with Crippen molar-refractivity contribution in [2.24, 2.45) is 0 Å². The van der Waals surface area contributed by atoms with Gasteiger partial charge in [-0.2, -0.15) is 0 Å². The molecule has 2 saturated heterocycles. The van der Waals surface area contributed by atoms with E-state index in [2.05, 4.69) is 9.80 Å². The molecule has 0 saturated carbocycles. The molecule has 0 radical (unpaired) electrons. The Bertz CT molecular complexity index is 1100. The van der Waals surface area contributed by atoms with Crippen molar-refractivity contribution >= 4 is 0 Å². The zero-order chi connectivity index (χ0) is 26.3. The summed E-state index contributed by atoms with van der Waals surface area (Å²) in [5, 5.41) is 22.3. The smallest absolute Gasteiger partial charge is 0.329 e. The van der Waals surface area contributed by atoms with E-state index >= 15 is 0 Å². The number of benzene rings is 2. The van der Waals surface area contributed by atoms with Crippen molar-refractivity contribution in [2.75, 3.05) is 39.3 Å². The number of aliphatic hydroxyl groups excluding tert-OH is 2. The molecule has 0 spiro atoms. The first-order valence-corrected chi connectivity index (χ1v) is 14.3. The summed E-state index contributed by atoms with van der Waals surface area (Å²) in [6.45, 7) is 5.54. The van der Waals surface area contributed by atoms with Crippen LogP contribution in [0.2, 0.25) is 0 Å². The highest BCUT2D eigenvalue weighted by molar-refractivity contribution is 5.79. The van der Waals surface area contributed by atoms with Gasteiger partial charge >= 0.3 is 5.69 Å². The molecule has 3 heterocycles. The van der Waals surface area contributed by atoms with E-state index in [0.29, 0.717) is 13.1 Å². The summed E-state index contributed by atoms with van der Waals surface area (Å²) >= 11 is 0. The first-order valence-electron chi connectivity index (χ1n) is 14.3. The topological polar surface area (TPSA) is 73.9 Å². The van der Waals surface area contributed by atoms with E-state index < -0.39 is 12.2 Å².